The first-order chi connectivity index (χ1) is 26.8. The number of benzene rings is 3. The molecule has 0 fully saturated rings. The first-order valence-electron chi connectivity index (χ1n) is 19.1. The van der Waals surface area contributed by atoms with Crippen molar-refractivity contribution in [3.05, 3.63) is 94.8 Å². The molecule has 4 bridgehead atoms. The molecule has 4 atom stereocenters. The van der Waals surface area contributed by atoms with Crippen molar-refractivity contribution < 1.29 is 33.5 Å². The number of hydrogen-bond acceptors (Lipinski definition) is 11. The van der Waals surface area contributed by atoms with Gasteiger partial charge in [-0.2, -0.15) is 0 Å². The Labute approximate surface area is 328 Å². The third kappa shape index (κ3) is 9.89. The molecule has 0 radical (unpaired) electrons. The second-order valence-corrected chi connectivity index (χ2v) is 14.7. The number of nitrogens with one attached hydrogen (secondary N) is 1. The molecule has 56 heavy (non-hydrogen) atoms. The number of Topliss-reactive ketones (excluding diaryl/α,β-unsaturated/α-hetero) is 2. The molecule has 0 spiro atoms. The SMILES string of the molecule is C=C1CC([C@@H]2Cc3ccc(OCCN)c(c3)-c3cc(ccc3OCCN)[C@H](N(C)C(=O)[C@H](CCN)CC(=O)c3ccc(C)cc3C)C(=O)C[C@@H](C)C(=O)N2)=NO1. The standard InChI is InChI=1S/C43H54N6O7/c1-25-6-9-32(26(2)18-25)37(50)24-31(12-13-44)43(53)49(5)41-30-8-11-40(55-17-15-46)34(23-30)33-21-29(7-10-39(33)54-16-14-45)22-35(36-20-28(4)56-48-36)47-42(52)27(3)19-38(41)51/h6-11,18,21,23,27,31,35,41H,4,12-17,19-20,22,24,44-46H2,1-3,5H3,(H,47,52)/t27-,31-,35+,41+/m1/s1. The lowest BCUT2D eigenvalue weighted by Gasteiger charge is -2.32. The number of nitrogens with zero attached hydrogens (tertiary/aromatic N) is 2. The summed E-state index contributed by atoms with van der Waals surface area (Å²) in [5, 5.41) is 7.30. The average Bonchev–Trinajstić information content (AvgIpc) is 3.61. The van der Waals surface area contributed by atoms with Crippen molar-refractivity contribution in [1.82, 2.24) is 10.2 Å². The lowest BCUT2D eigenvalue weighted by Crippen LogP contribution is -2.45. The molecule has 0 saturated carbocycles. The van der Waals surface area contributed by atoms with Gasteiger partial charge in [0.2, 0.25) is 11.8 Å². The molecule has 2 amide bonds. The molecule has 3 aromatic carbocycles. The van der Waals surface area contributed by atoms with Crippen LogP contribution in [-0.4, -0.2) is 79.9 Å². The predicted octanol–water partition coefficient (Wildman–Crippen LogP) is 4.31. The Morgan fingerprint density at radius 2 is 1.62 bits per heavy atom. The van der Waals surface area contributed by atoms with Crippen molar-refractivity contribution in [2.45, 2.75) is 65.0 Å². The largest absolute Gasteiger partial charge is 0.492 e. The molecule has 0 aromatic heterocycles. The van der Waals surface area contributed by atoms with Crippen LogP contribution in [0.3, 0.4) is 0 Å². The minimum atomic E-state index is -1.14. The number of ketones is 2. The van der Waals surface area contributed by atoms with E-state index in [0.717, 1.165) is 16.7 Å². The maximum absolute atomic E-state index is 14.6. The highest BCUT2D eigenvalue weighted by Crippen LogP contribution is 2.41. The van der Waals surface area contributed by atoms with E-state index in [9.17, 15) is 19.2 Å². The van der Waals surface area contributed by atoms with Crippen LogP contribution in [0.5, 0.6) is 11.5 Å². The molecule has 0 aliphatic carbocycles. The summed E-state index contributed by atoms with van der Waals surface area (Å²) < 4.78 is 12.3. The molecule has 0 unspecified atom stereocenters. The van der Waals surface area contributed by atoms with Crippen LogP contribution in [0, 0.1) is 25.7 Å². The fourth-order valence-electron chi connectivity index (χ4n) is 7.33. The van der Waals surface area contributed by atoms with E-state index in [0.29, 0.717) is 58.1 Å². The third-order valence-electron chi connectivity index (χ3n) is 10.2. The van der Waals surface area contributed by atoms with Gasteiger partial charge < -0.3 is 41.7 Å². The smallest absolute Gasteiger partial charge is 0.226 e. The second-order valence-electron chi connectivity index (χ2n) is 14.7. The minimum absolute atomic E-state index is 0.0862. The summed E-state index contributed by atoms with van der Waals surface area (Å²) in [6, 6.07) is 14.9. The molecule has 2 heterocycles. The highest BCUT2D eigenvalue weighted by molar-refractivity contribution is 6.01. The van der Waals surface area contributed by atoms with E-state index in [1.807, 2.05) is 50.2 Å². The van der Waals surface area contributed by atoms with Crippen LogP contribution >= 0.6 is 0 Å². The monoisotopic (exact) mass is 766 g/mol. The number of hydrogen-bond donors (Lipinski definition) is 4. The number of rotatable bonds is 14. The van der Waals surface area contributed by atoms with Gasteiger partial charge in [-0.25, -0.2) is 0 Å². The van der Waals surface area contributed by atoms with E-state index >= 15 is 0 Å². The van der Waals surface area contributed by atoms with Crippen molar-refractivity contribution in [2.75, 3.05) is 39.9 Å². The molecular weight excluding hydrogens is 713 g/mol. The molecule has 5 rings (SSSR count). The van der Waals surface area contributed by atoms with E-state index in [4.69, 9.17) is 31.5 Å². The van der Waals surface area contributed by atoms with E-state index in [-0.39, 0.29) is 69.6 Å². The van der Waals surface area contributed by atoms with Gasteiger partial charge in [0, 0.05) is 61.5 Å². The number of fused-ring (bicyclic) bond motifs is 5. The number of nitrogens with two attached hydrogens (primary N) is 3. The van der Waals surface area contributed by atoms with Crippen LogP contribution in [0.2, 0.25) is 0 Å². The first-order valence-corrected chi connectivity index (χ1v) is 19.1. The van der Waals surface area contributed by atoms with Gasteiger partial charge in [-0.15, -0.1) is 0 Å². The van der Waals surface area contributed by atoms with Gasteiger partial charge >= 0.3 is 0 Å². The van der Waals surface area contributed by atoms with E-state index in [2.05, 4.69) is 17.1 Å². The number of allylic oxidation sites excluding steroid dienone is 1. The highest BCUT2D eigenvalue weighted by atomic mass is 16.6. The van der Waals surface area contributed by atoms with E-state index < -0.39 is 29.8 Å². The maximum atomic E-state index is 14.6. The summed E-state index contributed by atoms with van der Waals surface area (Å²) in [5.41, 5.74) is 23.3. The third-order valence-corrected chi connectivity index (χ3v) is 10.2. The highest BCUT2D eigenvalue weighted by Gasteiger charge is 2.36. The first kappa shape index (κ1) is 41.8. The zero-order chi connectivity index (χ0) is 40.5. The molecule has 0 saturated heterocycles. The van der Waals surface area contributed by atoms with Crippen molar-refractivity contribution >= 4 is 29.1 Å². The number of carbonyl (C=O) groups excluding carboxylic acids is 4. The zero-order valence-corrected chi connectivity index (χ0v) is 32.8. The summed E-state index contributed by atoms with van der Waals surface area (Å²) in [6.07, 6.45) is 0.654. The molecule has 3 aromatic rings. The maximum Gasteiger partial charge on any atom is 0.226 e. The molecular formula is C43H54N6O7. The number of carbonyl (C=O) groups is 4. The van der Waals surface area contributed by atoms with Crippen LogP contribution in [0.4, 0.5) is 0 Å². The second kappa shape index (κ2) is 19.0. The Balaban J connectivity index is 1.63. The summed E-state index contributed by atoms with van der Waals surface area (Å²) in [7, 11) is 1.56. The summed E-state index contributed by atoms with van der Waals surface area (Å²) in [4.78, 5) is 63.3. The Morgan fingerprint density at radius 3 is 2.25 bits per heavy atom. The zero-order valence-electron chi connectivity index (χ0n) is 32.8. The number of likely N-dealkylation sites (N-methyl/N-ethyl adjacent to an activating group) is 1. The van der Waals surface area contributed by atoms with Gasteiger partial charge in [0.1, 0.15) is 36.5 Å². The Bertz CT molecular complexity index is 1990. The van der Waals surface area contributed by atoms with Crippen molar-refractivity contribution in [3.63, 3.8) is 0 Å². The average molecular weight is 767 g/mol. The van der Waals surface area contributed by atoms with Crippen LogP contribution in [0.25, 0.3) is 11.1 Å². The molecule has 13 heteroatoms. The number of amides is 2. The van der Waals surface area contributed by atoms with Crippen LogP contribution < -0.4 is 32.0 Å². The van der Waals surface area contributed by atoms with E-state index in [1.54, 1.807) is 32.2 Å². The Hall–Kier alpha value is -5.37. The fourth-order valence-corrected chi connectivity index (χ4v) is 7.33. The number of aryl methyl sites for hydroxylation is 2. The summed E-state index contributed by atoms with van der Waals surface area (Å²) in [6.45, 7) is 10.5. The van der Waals surface area contributed by atoms with Crippen molar-refractivity contribution in [1.29, 1.82) is 0 Å². The van der Waals surface area contributed by atoms with Gasteiger partial charge in [0.05, 0.1) is 18.2 Å². The van der Waals surface area contributed by atoms with E-state index in [1.165, 1.54) is 4.90 Å². The van der Waals surface area contributed by atoms with Crippen molar-refractivity contribution in [3.8, 4) is 22.6 Å². The summed E-state index contributed by atoms with van der Waals surface area (Å²) >= 11 is 0. The van der Waals surface area contributed by atoms with Gasteiger partial charge in [0.15, 0.2) is 11.6 Å². The van der Waals surface area contributed by atoms with Gasteiger partial charge in [-0.3, -0.25) is 19.2 Å². The Kier molecular flexibility index (Phi) is 14.2. The fraction of sp³-hybridized carbons (Fsp3) is 0.419. The molecule has 2 aliphatic rings. The van der Waals surface area contributed by atoms with Gasteiger partial charge in [-0.05, 0) is 74.2 Å². The topological polar surface area (TPSA) is 202 Å². The van der Waals surface area contributed by atoms with Crippen LogP contribution in [0.1, 0.15) is 71.3 Å². The summed E-state index contributed by atoms with van der Waals surface area (Å²) in [5.74, 6) is -1.43. The lowest BCUT2D eigenvalue weighted by molar-refractivity contribution is -0.142. The lowest BCUT2D eigenvalue weighted by atomic mass is 9.88. The normalized spacial score (nSPS) is 18.9. The van der Waals surface area contributed by atoms with Crippen molar-refractivity contribution in [2.24, 2.45) is 34.2 Å². The molecule has 298 valence electrons. The Morgan fingerprint density at radius 1 is 0.946 bits per heavy atom. The van der Waals surface area contributed by atoms with Gasteiger partial charge in [-0.1, -0.05) is 54.6 Å². The number of oxime groups is 1. The molecule has 13 nitrogen and oxygen atoms in total. The molecule has 2 aliphatic heterocycles. The van der Waals surface area contributed by atoms with Crippen LogP contribution in [-0.2, 0) is 25.6 Å². The van der Waals surface area contributed by atoms with Crippen LogP contribution in [0.15, 0.2) is 72.1 Å². The predicted molar refractivity (Wildman–Crippen MR) is 215 cm³/mol. The minimum Gasteiger partial charge on any atom is -0.492 e. The number of ether oxygens (including phenoxy) is 2. The quantitative estimate of drug-likeness (QED) is 0.171. The molecule has 7 N–H and O–H groups in total. The van der Waals surface area contributed by atoms with Gasteiger partial charge in [0.25, 0.3) is 0 Å².